The molecule has 6 heteroatoms. The first-order valence-electron chi connectivity index (χ1n) is 8.46. The molecule has 1 unspecified atom stereocenters. The zero-order valence-corrected chi connectivity index (χ0v) is 16.5. The van der Waals surface area contributed by atoms with Crippen LogP contribution >= 0.6 is 15.9 Å². The van der Waals surface area contributed by atoms with Crippen LogP contribution in [0, 0.1) is 0 Å². The molecule has 1 aromatic rings. The average molecular weight is 416 g/mol. The molecule has 1 aromatic carbocycles. The van der Waals surface area contributed by atoms with Crippen LogP contribution in [0.2, 0.25) is 0 Å². The lowest BCUT2D eigenvalue weighted by Gasteiger charge is -2.26. The Morgan fingerprint density at radius 2 is 2.31 bits per heavy atom. The van der Waals surface area contributed by atoms with Crippen molar-refractivity contribution in [3.63, 3.8) is 0 Å². The molecule has 0 fully saturated rings. The van der Waals surface area contributed by atoms with Crippen molar-refractivity contribution in [2.75, 3.05) is 13.7 Å². The summed E-state index contributed by atoms with van der Waals surface area (Å²) in [7, 11) is 1.65. The molecule has 0 bridgehead atoms. The molecule has 0 radical (unpaired) electrons. The first-order chi connectivity index (χ1) is 12.4. The standard InChI is InChI=1S/C20H22BrN3O2/c1-4-13(10-16(21)5-2)12-20(18(25)24(3)19(22)23-20)15-6-7-17-14(11-15)8-9-26-17/h4-7,10-11H,1,8-9,12H2,2-3H3,(H2,22,23)/b13-10+,16-5+. The van der Waals surface area contributed by atoms with Crippen molar-refractivity contribution in [1.29, 1.82) is 0 Å². The van der Waals surface area contributed by atoms with E-state index in [0.717, 1.165) is 33.4 Å². The predicted octanol–water partition coefficient (Wildman–Crippen LogP) is 3.40. The van der Waals surface area contributed by atoms with Crippen LogP contribution in [0.25, 0.3) is 0 Å². The van der Waals surface area contributed by atoms with E-state index < -0.39 is 5.54 Å². The monoisotopic (exact) mass is 415 g/mol. The number of carbonyl (C=O) groups is 1. The highest BCUT2D eigenvalue weighted by atomic mass is 79.9. The van der Waals surface area contributed by atoms with Crippen LogP contribution in [0.5, 0.6) is 5.75 Å². The van der Waals surface area contributed by atoms with Gasteiger partial charge in [0.15, 0.2) is 11.5 Å². The van der Waals surface area contributed by atoms with E-state index in [1.807, 2.05) is 37.3 Å². The van der Waals surface area contributed by atoms with E-state index in [2.05, 4.69) is 27.5 Å². The molecule has 2 aliphatic heterocycles. The topological polar surface area (TPSA) is 67.9 Å². The number of hydrogen-bond donors (Lipinski definition) is 1. The van der Waals surface area contributed by atoms with E-state index in [9.17, 15) is 4.79 Å². The van der Waals surface area contributed by atoms with Crippen molar-refractivity contribution < 1.29 is 9.53 Å². The minimum absolute atomic E-state index is 0.141. The molecule has 5 nitrogen and oxygen atoms in total. The third-order valence-corrected chi connectivity index (χ3v) is 5.48. The minimum Gasteiger partial charge on any atom is -0.493 e. The molecule has 136 valence electrons. The minimum atomic E-state index is -1.09. The zero-order valence-electron chi connectivity index (χ0n) is 15.0. The summed E-state index contributed by atoms with van der Waals surface area (Å²) in [5, 5.41) is 0. The number of allylic oxidation sites excluding steroid dienone is 4. The number of halogens is 1. The van der Waals surface area contributed by atoms with Crippen LogP contribution in [-0.2, 0) is 16.8 Å². The van der Waals surface area contributed by atoms with Crippen LogP contribution in [0.15, 0.2) is 58.1 Å². The summed E-state index contributed by atoms with van der Waals surface area (Å²) in [5.74, 6) is 0.953. The second-order valence-corrected chi connectivity index (χ2v) is 7.30. The number of benzene rings is 1. The van der Waals surface area contributed by atoms with Gasteiger partial charge < -0.3 is 10.5 Å². The summed E-state index contributed by atoms with van der Waals surface area (Å²) < 4.78 is 6.51. The van der Waals surface area contributed by atoms with Gasteiger partial charge in [-0.05, 0) is 41.8 Å². The van der Waals surface area contributed by atoms with E-state index in [1.54, 1.807) is 13.1 Å². The van der Waals surface area contributed by atoms with Crippen LogP contribution in [0.3, 0.4) is 0 Å². The fourth-order valence-corrected chi connectivity index (χ4v) is 3.58. The van der Waals surface area contributed by atoms with Gasteiger partial charge in [-0.15, -0.1) is 0 Å². The number of fused-ring (bicyclic) bond motifs is 1. The SMILES string of the molecule is C=C/C(=C\C(Br)=C/C)CC1(c2ccc3c(c2)CCO3)N=C(N)N(C)C1=O. The Morgan fingerprint density at radius 3 is 2.92 bits per heavy atom. The first-order valence-corrected chi connectivity index (χ1v) is 9.25. The van der Waals surface area contributed by atoms with E-state index >= 15 is 0 Å². The van der Waals surface area contributed by atoms with Gasteiger partial charge in [-0.3, -0.25) is 9.69 Å². The third kappa shape index (κ3) is 3.09. The van der Waals surface area contributed by atoms with Gasteiger partial charge in [0.2, 0.25) is 0 Å². The van der Waals surface area contributed by atoms with Gasteiger partial charge in [-0.25, -0.2) is 4.99 Å². The molecule has 0 saturated carbocycles. The molecule has 2 N–H and O–H groups in total. The van der Waals surface area contributed by atoms with Gasteiger partial charge in [0.25, 0.3) is 5.91 Å². The van der Waals surface area contributed by atoms with Gasteiger partial charge in [-0.2, -0.15) is 0 Å². The maximum absolute atomic E-state index is 13.2. The highest BCUT2D eigenvalue weighted by Gasteiger charge is 2.48. The summed E-state index contributed by atoms with van der Waals surface area (Å²) in [6, 6.07) is 5.83. The molecule has 0 spiro atoms. The lowest BCUT2D eigenvalue weighted by atomic mass is 9.82. The van der Waals surface area contributed by atoms with Crippen molar-refractivity contribution in [3.05, 3.63) is 64.2 Å². The number of guanidine groups is 1. The molecule has 2 heterocycles. The Labute approximate surface area is 162 Å². The van der Waals surface area contributed by atoms with Crippen LogP contribution in [0.1, 0.15) is 24.5 Å². The summed E-state index contributed by atoms with van der Waals surface area (Å²) >= 11 is 3.49. The Kier molecular flexibility index (Phi) is 5.05. The number of nitrogens with zero attached hydrogens (tertiary/aromatic N) is 2. The molecular weight excluding hydrogens is 394 g/mol. The summed E-state index contributed by atoms with van der Waals surface area (Å²) in [6.07, 6.45) is 6.84. The Hall–Kier alpha value is -2.34. The fourth-order valence-electron chi connectivity index (χ4n) is 3.29. The van der Waals surface area contributed by atoms with E-state index in [-0.39, 0.29) is 11.9 Å². The van der Waals surface area contributed by atoms with Gasteiger partial charge in [-0.1, -0.05) is 40.7 Å². The summed E-state index contributed by atoms with van der Waals surface area (Å²) in [5.41, 5.74) is 7.73. The number of likely N-dealkylation sites (N-methyl/N-ethyl adjacent to an activating group) is 1. The van der Waals surface area contributed by atoms with Gasteiger partial charge in [0.1, 0.15) is 5.75 Å². The quantitative estimate of drug-likeness (QED) is 0.749. The van der Waals surface area contributed by atoms with Crippen molar-refractivity contribution in [3.8, 4) is 5.75 Å². The van der Waals surface area contributed by atoms with Gasteiger partial charge in [0, 0.05) is 24.4 Å². The smallest absolute Gasteiger partial charge is 0.262 e. The highest BCUT2D eigenvalue weighted by molar-refractivity contribution is 9.11. The van der Waals surface area contributed by atoms with Crippen LogP contribution < -0.4 is 10.5 Å². The van der Waals surface area contributed by atoms with Crippen molar-refractivity contribution in [2.24, 2.45) is 10.7 Å². The molecule has 3 rings (SSSR count). The third-order valence-electron chi connectivity index (χ3n) is 4.80. The molecular formula is C20H22BrN3O2. The number of amides is 1. The number of carbonyl (C=O) groups excluding carboxylic acids is 1. The second kappa shape index (κ2) is 7.11. The van der Waals surface area contributed by atoms with Crippen molar-refractivity contribution in [1.82, 2.24) is 4.90 Å². The maximum atomic E-state index is 13.2. The molecule has 2 aliphatic rings. The maximum Gasteiger partial charge on any atom is 0.262 e. The lowest BCUT2D eigenvalue weighted by Crippen LogP contribution is -2.40. The molecule has 0 aromatic heterocycles. The van der Waals surface area contributed by atoms with Crippen LogP contribution in [-0.4, -0.2) is 30.4 Å². The zero-order chi connectivity index (χ0) is 18.9. The number of rotatable bonds is 5. The normalized spacial score (nSPS) is 23.0. The molecule has 1 atom stereocenters. The molecule has 1 amide bonds. The molecule has 0 aliphatic carbocycles. The highest BCUT2D eigenvalue weighted by Crippen LogP contribution is 2.41. The lowest BCUT2D eigenvalue weighted by molar-refractivity contribution is -0.130. The number of hydrogen-bond acceptors (Lipinski definition) is 4. The summed E-state index contributed by atoms with van der Waals surface area (Å²) in [4.78, 5) is 19.2. The van der Waals surface area contributed by atoms with Crippen molar-refractivity contribution >= 4 is 27.8 Å². The second-order valence-electron chi connectivity index (χ2n) is 6.39. The van der Waals surface area contributed by atoms with Gasteiger partial charge >= 0.3 is 0 Å². The average Bonchev–Trinajstić information content (AvgIpc) is 3.20. The first kappa shape index (κ1) is 18.5. The number of aliphatic imine (C=N–C) groups is 1. The Balaban J connectivity index is 2.11. The summed E-state index contributed by atoms with van der Waals surface area (Å²) in [6.45, 7) is 6.49. The van der Waals surface area contributed by atoms with E-state index in [0.29, 0.717) is 13.0 Å². The number of ether oxygens (including phenoxy) is 1. The number of nitrogens with two attached hydrogens (primary N) is 1. The van der Waals surface area contributed by atoms with E-state index in [1.165, 1.54) is 4.90 Å². The fraction of sp³-hybridized carbons (Fsp3) is 0.300. The molecule has 0 saturated heterocycles. The Bertz CT molecular complexity index is 857. The largest absolute Gasteiger partial charge is 0.493 e. The van der Waals surface area contributed by atoms with Crippen molar-refractivity contribution in [2.45, 2.75) is 25.3 Å². The van der Waals surface area contributed by atoms with Gasteiger partial charge in [0.05, 0.1) is 6.61 Å². The van der Waals surface area contributed by atoms with Crippen LogP contribution in [0.4, 0.5) is 0 Å². The molecule has 26 heavy (non-hydrogen) atoms. The predicted molar refractivity (Wildman–Crippen MR) is 107 cm³/mol. The van der Waals surface area contributed by atoms with E-state index in [4.69, 9.17) is 10.5 Å². The Morgan fingerprint density at radius 1 is 1.54 bits per heavy atom.